The molecule has 0 aliphatic heterocycles. The van der Waals surface area contributed by atoms with E-state index in [4.69, 9.17) is 10.5 Å². The minimum absolute atomic E-state index is 0.644. The second-order valence-electron chi connectivity index (χ2n) is 3.80. The molecule has 17 heavy (non-hydrogen) atoms. The Bertz CT molecular complexity index is 483. The summed E-state index contributed by atoms with van der Waals surface area (Å²) in [6.07, 6.45) is 0. The zero-order chi connectivity index (χ0) is 12.1. The molecule has 0 saturated carbocycles. The van der Waals surface area contributed by atoms with Crippen molar-refractivity contribution in [3.63, 3.8) is 0 Å². The molecule has 0 radical (unpaired) electrons. The Kier molecular flexibility index (Phi) is 3.50. The Labute approximate surface area is 101 Å². The zero-order valence-corrected chi connectivity index (χ0v) is 9.81. The zero-order valence-electron chi connectivity index (χ0n) is 9.81. The van der Waals surface area contributed by atoms with Crippen molar-refractivity contribution < 1.29 is 4.74 Å². The lowest BCUT2D eigenvalue weighted by molar-refractivity contribution is 0.417. The maximum Gasteiger partial charge on any atom is 0.141 e. The fourth-order valence-corrected chi connectivity index (χ4v) is 1.64. The first-order chi connectivity index (χ1) is 8.29. The number of nitrogen functional groups attached to an aromatic ring is 1. The first-order valence-electron chi connectivity index (χ1n) is 5.51. The first-order valence-corrected chi connectivity index (χ1v) is 5.51. The van der Waals surface area contributed by atoms with Crippen molar-refractivity contribution in [1.29, 1.82) is 0 Å². The summed E-state index contributed by atoms with van der Waals surface area (Å²) in [5, 5.41) is 3.32. The lowest BCUT2D eigenvalue weighted by Gasteiger charge is -2.09. The van der Waals surface area contributed by atoms with Crippen molar-refractivity contribution in [2.45, 2.75) is 6.54 Å². The molecule has 0 aliphatic carbocycles. The summed E-state index contributed by atoms with van der Waals surface area (Å²) in [5.74, 6) is 0.704. The molecule has 3 nitrogen and oxygen atoms in total. The van der Waals surface area contributed by atoms with Crippen LogP contribution in [0, 0.1) is 0 Å². The Balaban J connectivity index is 2.02. The van der Waals surface area contributed by atoms with Crippen molar-refractivity contribution in [1.82, 2.24) is 0 Å². The van der Waals surface area contributed by atoms with E-state index in [0.29, 0.717) is 11.4 Å². The summed E-state index contributed by atoms with van der Waals surface area (Å²) < 4.78 is 5.11. The van der Waals surface area contributed by atoms with E-state index < -0.39 is 0 Å². The molecule has 0 spiro atoms. The van der Waals surface area contributed by atoms with Crippen molar-refractivity contribution in [3.8, 4) is 5.75 Å². The fraction of sp³-hybridized carbons (Fsp3) is 0.143. The second-order valence-corrected chi connectivity index (χ2v) is 3.80. The fourth-order valence-electron chi connectivity index (χ4n) is 1.64. The molecule has 3 heteroatoms. The number of nitrogens with two attached hydrogens (primary N) is 1. The molecular formula is C14H16N2O. The minimum Gasteiger partial charge on any atom is -0.495 e. The molecular weight excluding hydrogens is 212 g/mol. The molecule has 0 amide bonds. The lowest BCUT2D eigenvalue weighted by Crippen LogP contribution is -2.00. The van der Waals surface area contributed by atoms with Gasteiger partial charge in [0, 0.05) is 12.2 Å². The number of methoxy groups -OCH3 is 1. The van der Waals surface area contributed by atoms with Crippen LogP contribution >= 0.6 is 0 Å². The topological polar surface area (TPSA) is 47.3 Å². The van der Waals surface area contributed by atoms with E-state index in [2.05, 4.69) is 17.4 Å². The van der Waals surface area contributed by atoms with Gasteiger partial charge in [-0.3, -0.25) is 0 Å². The van der Waals surface area contributed by atoms with Gasteiger partial charge in [-0.2, -0.15) is 0 Å². The third kappa shape index (κ3) is 2.91. The number of nitrogens with one attached hydrogen (secondary N) is 1. The van der Waals surface area contributed by atoms with Crippen LogP contribution in [0.4, 0.5) is 11.4 Å². The first kappa shape index (κ1) is 11.3. The van der Waals surface area contributed by atoms with E-state index in [-0.39, 0.29) is 0 Å². The molecule has 0 atom stereocenters. The van der Waals surface area contributed by atoms with Crippen molar-refractivity contribution in [3.05, 3.63) is 54.1 Å². The Morgan fingerprint density at radius 3 is 2.53 bits per heavy atom. The summed E-state index contributed by atoms with van der Waals surface area (Å²) in [6.45, 7) is 0.784. The Morgan fingerprint density at radius 1 is 1.12 bits per heavy atom. The molecule has 0 bridgehead atoms. The van der Waals surface area contributed by atoms with E-state index in [1.807, 2.05) is 36.4 Å². The van der Waals surface area contributed by atoms with Crippen LogP contribution in [0.25, 0.3) is 0 Å². The van der Waals surface area contributed by atoms with Gasteiger partial charge in [0.05, 0.1) is 12.8 Å². The van der Waals surface area contributed by atoms with E-state index in [0.717, 1.165) is 12.2 Å². The minimum atomic E-state index is 0.644. The van der Waals surface area contributed by atoms with Gasteiger partial charge >= 0.3 is 0 Å². The average molecular weight is 228 g/mol. The standard InChI is InChI=1S/C14H16N2O/c1-17-14-8-7-12(9-13(14)15)16-10-11-5-3-2-4-6-11/h2-9,16H,10,15H2,1H3. The van der Waals surface area contributed by atoms with Crippen LogP contribution in [-0.2, 0) is 6.54 Å². The third-order valence-electron chi connectivity index (χ3n) is 2.57. The SMILES string of the molecule is COc1ccc(NCc2ccccc2)cc1N. The van der Waals surface area contributed by atoms with Crippen molar-refractivity contribution in [2.75, 3.05) is 18.2 Å². The van der Waals surface area contributed by atoms with Gasteiger partial charge in [0.15, 0.2) is 0 Å². The van der Waals surface area contributed by atoms with E-state index in [1.54, 1.807) is 7.11 Å². The highest BCUT2D eigenvalue weighted by Crippen LogP contribution is 2.24. The number of hydrogen-bond donors (Lipinski definition) is 2. The van der Waals surface area contributed by atoms with Gasteiger partial charge < -0.3 is 15.8 Å². The number of rotatable bonds is 4. The van der Waals surface area contributed by atoms with Crippen LogP contribution in [0.1, 0.15) is 5.56 Å². The summed E-state index contributed by atoms with van der Waals surface area (Å²) in [6, 6.07) is 15.9. The molecule has 2 aromatic rings. The maximum atomic E-state index is 5.84. The van der Waals surface area contributed by atoms with Crippen LogP contribution in [0.15, 0.2) is 48.5 Å². The second kappa shape index (κ2) is 5.25. The maximum absolute atomic E-state index is 5.84. The van der Waals surface area contributed by atoms with Gasteiger partial charge in [-0.1, -0.05) is 30.3 Å². The number of hydrogen-bond acceptors (Lipinski definition) is 3. The molecule has 0 fully saturated rings. The Hall–Kier alpha value is -2.16. The highest BCUT2D eigenvalue weighted by molar-refractivity contribution is 5.62. The molecule has 2 aromatic carbocycles. The molecule has 3 N–H and O–H groups in total. The van der Waals surface area contributed by atoms with Gasteiger partial charge in [0.1, 0.15) is 5.75 Å². The molecule has 88 valence electrons. The van der Waals surface area contributed by atoms with Crippen LogP contribution < -0.4 is 15.8 Å². The van der Waals surface area contributed by atoms with Gasteiger partial charge in [0.2, 0.25) is 0 Å². The van der Waals surface area contributed by atoms with Crippen LogP contribution in [0.2, 0.25) is 0 Å². The number of benzene rings is 2. The smallest absolute Gasteiger partial charge is 0.141 e. The Morgan fingerprint density at radius 2 is 1.88 bits per heavy atom. The molecule has 2 rings (SSSR count). The van der Waals surface area contributed by atoms with Crippen molar-refractivity contribution >= 4 is 11.4 Å². The summed E-state index contributed by atoms with van der Waals surface area (Å²) >= 11 is 0. The lowest BCUT2D eigenvalue weighted by atomic mass is 10.2. The van der Waals surface area contributed by atoms with E-state index in [1.165, 1.54) is 5.56 Å². The van der Waals surface area contributed by atoms with Gasteiger partial charge in [-0.25, -0.2) is 0 Å². The van der Waals surface area contributed by atoms with Gasteiger partial charge in [0.25, 0.3) is 0 Å². The number of ether oxygens (including phenoxy) is 1. The van der Waals surface area contributed by atoms with Gasteiger partial charge in [-0.15, -0.1) is 0 Å². The molecule has 0 aliphatic rings. The summed E-state index contributed by atoms with van der Waals surface area (Å²) in [4.78, 5) is 0. The molecule has 0 heterocycles. The summed E-state index contributed by atoms with van der Waals surface area (Å²) in [5.41, 5.74) is 8.71. The predicted molar refractivity (Wildman–Crippen MR) is 71.2 cm³/mol. The van der Waals surface area contributed by atoms with Crippen molar-refractivity contribution in [2.24, 2.45) is 0 Å². The van der Waals surface area contributed by atoms with E-state index >= 15 is 0 Å². The van der Waals surface area contributed by atoms with E-state index in [9.17, 15) is 0 Å². The normalized spacial score (nSPS) is 9.94. The highest BCUT2D eigenvalue weighted by atomic mass is 16.5. The molecule has 0 unspecified atom stereocenters. The molecule has 0 aromatic heterocycles. The third-order valence-corrected chi connectivity index (χ3v) is 2.57. The highest BCUT2D eigenvalue weighted by Gasteiger charge is 2.00. The van der Waals surface area contributed by atoms with Crippen LogP contribution in [0.5, 0.6) is 5.75 Å². The average Bonchev–Trinajstić information content (AvgIpc) is 2.38. The quantitative estimate of drug-likeness (QED) is 0.791. The summed E-state index contributed by atoms with van der Waals surface area (Å²) in [7, 11) is 1.61. The monoisotopic (exact) mass is 228 g/mol. The van der Waals surface area contributed by atoms with Crippen LogP contribution in [-0.4, -0.2) is 7.11 Å². The van der Waals surface area contributed by atoms with Gasteiger partial charge in [-0.05, 0) is 23.8 Å². The number of anilines is 2. The predicted octanol–water partition coefficient (Wildman–Crippen LogP) is 2.89. The van der Waals surface area contributed by atoms with Crippen LogP contribution in [0.3, 0.4) is 0 Å². The molecule has 0 saturated heterocycles. The largest absolute Gasteiger partial charge is 0.495 e.